The van der Waals surface area contributed by atoms with Gasteiger partial charge in [-0.05, 0) is 25.0 Å². The normalized spacial score (nSPS) is 21.0. The summed E-state index contributed by atoms with van der Waals surface area (Å²) in [6, 6.07) is 5.31. The first-order chi connectivity index (χ1) is 8.84. The molecule has 3 rings (SSSR count). The second kappa shape index (κ2) is 4.86. The maximum Gasteiger partial charge on any atom is 0.255 e. The third kappa shape index (κ3) is 2.13. The minimum atomic E-state index is -0.146. The maximum atomic E-state index is 12.1. The van der Waals surface area contributed by atoms with Crippen LogP contribution in [-0.4, -0.2) is 32.0 Å². The molecule has 1 aromatic carbocycles. The lowest BCUT2D eigenvalue weighted by molar-refractivity contribution is 0.0854. The Balaban J connectivity index is 1.67. The summed E-state index contributed by atoms with van der Waals surface area (Å²) in [7, 11) is 0. The molecule has 0 bridgehead atoms. The third-order valence-electron chi connectivity index (χ3n) is 3.16. The topological polar surface area (TPSA) is 56.8 Å². The van der Waals surface area contributed by atoms with Crippen molar-refractivity contribution < 1.29 is 19.0 Å². The molecule has 1 fully saturated rings. The van der Waals surface area contributed by atoms with Crippen LogP contribution in [0.1, 0.15) is 23.2 Å². The Kier molecular flexibility index (Phi) is 3.06. The molecule has 96 valence electrons. The van der Waals surface area contributed by atoms with Gasteiger partial charge in [0.2, 0.25) is 6.79 Å². The molecule has 2 heterocycles. The van der Waals surface area contributed by atoms with Crippen LogP contribution in [0.4, 0.5) is 0 Å². The predicted octanol–water partition coefficient (Wildman–Crippen LogP) is 1.32. The fourth-order valence-corrected chi connectivity index (χ4v) is 2.22. The predicted molar refractivity (Wildman–Crippen MR) is 63.9 cm³/mol. The number of benzene rings is 1. The number of nitrogens with one attached hydrogen (secondary N) is 1. The van der Waals surface area contributed by atoms with E-state index in [0.717, 1.165) is 19.4 Å². The van der Waals surface area contributed by atoms with Crippen LogP contribution in [-0.2, 0) is 4.74 Å². The fourth-order valence-electron chi connectivity index (χ4n) is 2.22. The Bertz CT molecular complexity index is 454. The molecule has 1 N–H and O–H groups in total. The average Bonchev–Trinajstić information content (AvgIpc) is 3.05. The van der Waals surface area contributed by atoms with Gasteiger partial charge in [0.25, 0.3) is 5.91 Å². The molecule has 2 aliphatic heterocycles. The van der Waals surface area contributed by atoms with Crippen LogP contribution in [0.3, 0.4) is 0 Å². The van der Waals surface area contributed by atoms with Gasteiger partial charge in [-0.1, -0.05) is 6.07 Å². The molecule has 18 heavy (non-hydrogen) atoms. The summed E-state index contributed by atoms with van der Waals surface area (Å²) < 4.78 is 16.0. The summed E-state index contributed by atoms with van der Waals surface area (Å²) in [5.74, 6) is 1.01. The molecule has 2 aliphatic rings. The van der Waals surface area contributed by atoms with Crippen molar-refractivity contribution in [2.75, 3.05) is 19.9 Å². The standard InChI is InChI=1S/C13H15NO4/c15-13(14-7-9-3-2-6-16-9)10-4-1-5-11-12(10)18-8-17-11/h1,4-5,9H,2-3,6-8H2,(H,14,15). The highest BCUT2D eigenvalue weighted by atomic mass is 16.7. The number of ether oxygens (including phenoxy) is 3. The highest BCUT2D eigenvalue weighted by Crippen LogP contribution is 2.35. The highest BCUT2D eigenvalue weighted by Gasteiger charge is 2.23. The van der Waals surface area contributed by atoms with Gasteiger partial charge in [0.15, 0.2) is 11.5 Å². The fraction of sp³-hybridized carbons (Fsp3) is 0.462. The zero-order valence-electron chi connectivity index (χ0n) is 9.98. The van der Waals surface area contributed by atoms with Gasteiger partial charge in [-0.3, -0.25) is 4.79 Å². The molecule has 1 saturated heterocycles. The van der Waals surface area contributed by atoms with Gasteiger partial charge in [0.05, 0.1) is 11.7 Å². The molecule has 1 amide bonds. The van der Waals surface area contributed by atoms with Crippen LogP contribution < -0.4 is 14.8 Å². The van der Waals surface area contributed by atoms with Crippen LogP contribution in [0.2, 0.25) is 0 Å². The van der Waals surface area contributed by atoms with Crippen LogP contribution in [0.5, 0.6) is 11.5 Å². The smallest absolute Gasteiger partial charge is 0.255 e. The second-order valence-electron chi connectivity index (χ2n) is 4.38. The molecule has 0 saturated carbocycles. The lowest BCUT2D eigenvalue weighted by atomic mass is 10.1. The van der Waals surface area contributed by atoms with Crippen molar-refractivity contribution in [2.45, 2.75) is 18.9 Å². The van der Waals surface area contributed by atoms with Crippen LogP contribution in [0, 0.1) is 0 Å². The van der Waals surface area contributed by atoms with Gasteiger partial charge in [0.1, 0.15) is 0 Å². The monoisotopic (exact) mass is 249 g/mol. The molecule has 0 radical (unpaired) electrons. The van der Waals surface area contributed by atoms with Gasteiger partial charge in [-0.25, -0.2) is 0 Å². The molecule has 0 aromatic heterocycles. The zero-order chi connectivity index (χ0) is 12.4. The number of carbonyl (C=O) groups excluding carboxylic acids is 1. The zero-order valence-corrected chi connectivity index (χ0v) is 9.98. The molecular weight excluding hydrogens is 234 g/mol. The Hall–Kier alpha value is -1.75. The van der Waals surface area contributed by atoms with E-state index in [-0.39, 0.29) is 18.8 Å². The Morgan fingerprint density at radius 3 is 3.17 bits per heavy atom. The Morgan fingerprint density at radius 2 is 2.33 bits per heavy atom. The number of carbonyl (C=O) groups is 1. The van der Waals surface area contributed by atoms with Crippen LogP contribution >= 0.6 is 0 Å². The van der Waals surface area contributed by atoms with Crippen LogP contribution in [0.25, 0.3) is 0 Å². The number of amides is 1. The van der Waals surface area contributed by atoms with E-state index in [9.17, 15) is 4.79 Å². The Labute approximate surface area is 105 Å². The molecule has 5 heteroatoms. The van der Waals surface area contributed by atoms with Gasteiger partial charge in [0, 0.05) is 13.2 Å². The number of fused-ring (bicyclic) bond motifs is 1. The van der Waals surface area contributed by atoms with Crippen molar-refractivity contribution in [3.8, 4) is 11.5 Å². The van der Waals surface area contributed by atoms with Gasteiger partial charge in [-0.15, -0.1) is 0 Å². The van der Waals surface area contributed by atoms with Gasteiger partial charge in [-0.2, -0.15) is 0 Å². The first-order valence-corrected chi connectivity index (χ1v) is 6.13. The largest absolute Gasteiger partial charge is 0.454 e. The lowest BCUT2D eigenvalue weighted by Crippen LogP contribution is -2.31. The number of hydrogen-bond donors (Lipinski definition) is 1. The van der Waals surface area contributed by atoms with Crippen molar-refractivity contribution in [2.24, 2.45) is 0 Å². The molecular formula is C13H15NO4. The number of para-hydroxylation sites is 1. The van der Waals surface area contributed by atoms with E-state index in [1.807, 2.05) is 0 Å². The SMILES string of the molecule is O=C(NCC1CCCO1)c1cccc2c1OCO2. The van der Waals surface area contributed by atoms with E-state index in [0.29, 0.717) is 23.6 Å². The van der Waals surface area contributed by atoms with Gasteiger partial charge >= 0.3 is 0 Å². The van der Waals surface area contributed by atoms with Crippen molar-refractivity contribution >= 4 is 5.91 Å². The maximum absolute atomic E-state index is 12.1. The van der Waals surface area contributed by atoms with E-state index in [1.165, 1.54) is 0 Å². The summed E-state index contributed by atoms with van der Waals surface area (Å²) in [5.41, 5.74) is 0.517. The van der Waals surface area contributed by atoms with Crippen molar-refractivity contribution in [1.82, 2.24) is 5.32 Å². The molecule has 5 nitrogen and oxygen atoms in total. The quantitative estimate of drug-likeness (QED) is 0.878. The van der Waals surface area contributed by atoms with Gasteiger partial charge < -0.3 is 19.5 Å². The summed E-state index contributed by atoms with van der Waals surface area (Å²) in [4.78, 5) is 12.1. The molecule has 1 unspecified atom stereocenters. The lowest BCUT2D eigenvalue weighted by Gasteiger charge is -2.11. The molecule has 1 aromatic rings. The Morgan fingerprint density at radius 1 is 1.39 bits per heavy atom. The second-order valence-corrected chi connectivity index (χ2v) is 4.38. The minimum Gasteiger partial charge on any atom is -0.454 e. The first-order valence-electron chi connectivity index (χ1n) is 6.13. The summed E-state index contributed by atoms with van der Waals surface area (Å²) in [5, 5.41) is 2.87. The molecule has 1 atom stereocenters. The summed E-state index contributed by atoms with van der Waals surface area (Å²) in [6.07, 6.45) is 2.22. The molecule has 0 spiro atoms. The van der Waals surface area contributed by atoms with Crippen LogP contribution in [0.15, 0.2) is 18.2 Å². The van der Waals surface area contributed by atoms with Crippen molar-refractivity contribution in [1.29, 1.82) is 0 Å². The third-order valence-corrected chi connectivity index (χ3v) is 3.16. The summed E-state index contributed by atoms with van der Waals surface area (Å²) in [6.45, 7) is 1.51. The van der Waals surface area contributed by atoms with E-state index < -0.39 is 0 Å². The van der Waals surface area contributed by atoms with E-state index >= 15 is 0 Å². The highest BCUT2D eigenvalue weighted by molar-refractivity contribution is 5.97. The summed E-state index contributed by atoms with van der Waals surface area (Å²) >= 11 is 0. The molecule has 0 aliphatic carbocycles. The van der Waals surface area contributed by atoms with Crippen molar-refractivity contribution in [3.05, 3.63) is 23.8 Å². The minimum absolute atomic E-state index is 0.142. The van der Waals surface area contributed by atoms with E-state index in [2.05, 4.69) is 5.32 Å². The number of rotatable bonds is 3. The number of hydrogen-bond acceptors (Lipinski definition) is 4. The first kappa shape index (κ1) is 11.3. The van der Waals surface area contributed by atoms with Crippen molar-refractivity contribution in [3.63, 3.8) is 0 Å². The van der Waals surface area contributed by atoms with E-state index in [4.69, 9.17) is 14.2 Å². The van der Waals surface area contributed by atoms with E-state index in [1.54, 1.807) is 18.2 Å². The average molecular weight is 249 g/mol.